The van der Waals surface area contributed by atoms with Crippen molar-refractivity contribution in [2.45, 2.75) is 38.1 Å². The Morgan fingerprint density at radius 2 is 2.22 bits per heavy atom. The standard InChI is InChI=1S/C12H18N4S2/c1-3-4-5-6-17-10-9-7-8(2)18-11(9)15-12(14-10)16-13/h7H,3-6,13H2,1-2H3,(H,14,15,16). The molecular weight excluding hydrogens is 264 g/mol. The highest BCUT2D eigenvalue weighted by Crippen LogP contribution is 2.32. The summed E-state index contributed by atoms with van der Waals surface area (Å²) >= 11 is 3.47. The van der Waals surface area contributed by atoms with E-state index in [1.165, 1.54) is 24.1 Å². The van der Waals surface area contributed by atoms with Gasteiger partial charge in [0.05, 0.1) is 0 Å². The van der Waals surface area contributed by atoms with E-state index in [0.717, 1.165) is 21.0 Å². The van der Waals surface area contributed by atoms with E-state index in [2.05, 4.69) is 35.3 Å². The highest BCUT2D eigenvalue weighted by atomic mass is 32.2. The van der Waals surface area contributed by atoms with Crippen LogP contribution in [0, 0.1) is 6.92 Å². The molecule has 0 radical (unpaired) electrons. The number of nitrogens with one attached hydrogen (secondary N) is 1. The molecule has 18 heavy (non-hydrogen) atoms. The molecule has 0 saturated carbocycles. The van der Waals surface area contributed by atoms with Gasteiger partial charge in [-0.3, -0.25) is 5.43 Å². The molecule has 0 aromatic carbocycles. The second kappa shape index (κ2) is 6.36. The van der Waals surface area contributed by atoms with Gasteiger partial charge in [0, 0.05) is 10.3 Å². The largest absolute Gasteiger partial charge is 0.292 e. The van der Waals surface area contributed by atoms with Gasteiger partial charge in [0.15, 0.2) is 0 Å². The van der Waals surface area contributed by atoms with Crippen LogP contribution in [0.2, 0.25) is 0 Å². The average molecular weight is 282 g/mol. The molecule has 0 amide bonds. The number of thiophene rings is 1. The van der Waals surface area contributed by atoms with E-state index in [1.807, 2.05) is 0 Å². The van der Waals surface area contributed by atoms with E-state index in [9.17, 15) is 0 Å². The molecule has 0 atom stereocenters. The summed E-state index contributed by atoms with van der Waals surface area (Å²) in [5, 5.41) is 2.19. The summed E-state index contributed by atoms with van der Waals surface area (Å²) in [5.74, 6) is 7.01. The Bertz CT molecular complexity index is 524. The maximum Gasteiger partial charge on any atom is 0.239 e. The normalized spacial score (nSPS) is 11.1. The Morgan fingerprint density at radius 1 is 1.39 bits per heavy atom. The predicted molar refractivity (Wildman–Crippen MR) is 80.2 cm³/mol. The molecule has 0 saturated heterocycles. The fourth-order valence-corrected chi connectivity index (χ4v) is 3.66. The van der Waals surface area contributed by atoms with E-state index in [4.69, 9.17) is 5.84 Å². The number of nitrogens with zero attached hydrogens (tertiary/aromatic N) is 2. The van der Waals surface area contributed by atoms with Crippen molar-refractivity contribution in [2.24, 2.45) is 5.84 Å². The second-order valence-electron chi connectivity index (χ2n) is 4.13. The first kappa shape index (κ1) is 13.6. The first-order valence-electron chi connectivity index (χ1n) is 6.12. The lowest BCUT2D eigenvalue weighted by Gasteiger charge is -2.04. The number of rotatable bonds is 6. The first-order valence-corrected chi connectivity index (χ1v) is 7.92. The number of hydrazine groups is 1. The predicted octanol–water partition coefficient (Wildman–Crippen LogP) is 3.57. The van der Waals surface area contributed by atoms with Crippen LogP contribution in [0.1, 0.15) is 31.1 Å². The number of anilines is 1. The van der Waals surface area contributed by atoms with E-state index < -0.39 is 0 Å². The smallest absolute Gasteiger partial charge is 0.239 e. The molecule has 6 heteroatoms. The van der Waals surface area contributed by atoms with Crippen LogP contribution in [-0.2, 0) is 0 Å². The maximum absolute atomic E-state index is 5.41. The third kappa shape index (κ3) is 3.13. The number of thioether (sulfide) groups is 1. The van der Waals surface area contributed by atoms with Crippen molar-refractivity contribution in [1.82, 2.24) is 9.97 Å². The number of aryl methyl sites for hydroxylation is 1. The Kier molecular flexibility index (Phi) is 4.79. The van der Waals surface area contributed by atoms with Crippen LogP contribution in [0.25, 0.3) is 10.2 Å². The van der Waals surface area contributed by atoms with Crippen LogP contribution in [0.5, 0.6) is 0 Å². The molecule has 3 N–H and O–H groups in total. The summed E-state index contributed by atoms with van der Waals surface area (Å²) in [7, 11) is 0. The maximum atomic E-state index is 5.41. The van der Waals surface area contributed by atoms with Crippen LogP contribution in [0.15, 0.2) is 11.1 Å². The lowest BCUT2D eigenvalue weighted by atomic mass is 10.3. The number of unbranched alkanes of at least 4 members (excludes halogenated alkanes) is 2. The van der Waals surface area contributed by atoms with Gasteiger partial charge in [0.25, 0.3) is 0 Å². The molecule has 2 heterocycles. The number of aromatic nitrogens is 2. The quantitative estimate of drug-likeness (QED) is 0.279. The Morgan fingerprint density at radius 3 is 2.94 bits per heavy atom. The second-order valence-corrected chi connectivity index (χ2v) is 6.45. The molecule has 2 rings (SSSR count). The SMILES string of the molecule is CCCCCSc1nc(NN)nc2sc(C)cc12. The third-order valence-corrected chi connectivity index (χ3v) is 4.62. The number of nitrogens with two attached hydrogens (primary N) is 1. The van der Waals surface area contributed by atoms with Crippen molar-refractivity contribution < 1.29 is 0 Å². The minimum atomic E-state index is 0.502. The molecule has 2 aromatic heterocycles. The summed E-state index contributed by atoms with van der Waals surface area (Å²) in [6.45, 7) is 4.31. The van der Waals surface area contributed by atoms with E-state index in [0.29, 0.717) is 5.95 Å². The minimum absolute atomic E-state index is 0.502. The van der Waals surface area contributed by atoms with Crippen LogP contribution in [-0.4, -0.2) is 15.7 Å². The summed E-state index contributed by atoms with van der Waals surface area (Å²) in [5.41, 5.74) is 2.54. The molecular formula is C12H18N4S2. The van der Waals surface area contributed by atoms with Gasteiger partial charge in [-0.25, -0.2) is 15.8 Å². The van der Waals surface area contributed by atoms with E-state index in [1.54, 1.807) is 23.1 Å². The molecule has 0 fully saturated rings. The third-order valence-electron chi connectivity index (χ3n) is 2.60. The van der Waals surface area contributed by atoms with Gasteiger partial charge in [0.1, 0.15) is 9.86 Å². The van der Waals surface area contributed by atoms with Gasteiger partial charge in [-0.1, -0.05) is 19.8 Å². The zero-order valence-electron chi connectivity index (χ0n) is 10.7. The van der Waals surface area contributed by atoms with Crippen molar-refractivity contribution in [3.05, 3.63) is 10.9 Å². The summed E-state index contributed by atoms with van der Waals surface area (Å²) in [4.78, 5) is 11.1. The van der Waals surface area contributed by atoms with Gasteiger partial charge in [-0.15, -0.1) is 23.1 Å². The zero-order valence-corrected chi connectivity index (χ0v) is 12.3. The molecule has 0 aliphatic carbocycles. The molecule has 0 bridgehead atoms. The van der Waals surface area contributed by atoms with Crippen molar-refractivity contribution in [1.29, 1.82) is 0 Å². The molecule has 2 aromatic rings. The lowest BCUT2D eigenvalue weighted by Crippen LogP contribution is -2.10. The van der Waals surface area contributed by atoms with Gasteiger partial charge in [0.2, 0.25) is 5.95 Å². The Labute approximate surface area is 115 Å². The van der Waals surface area contributed by atoms with Crippen molar-refractivity contribution >= 4 is 39.3 Å². The summed E-state index contributed by atoms with van der Waals surface area (Å²) in [6.07, 6.45) is 3.74. The lowest BCUT2D eigenvalue weighted by molar-refractivity contribution is 0.778. The number of hydrogen-bond donors (Lipinski definition) is 2. The Balaban J connectivity index is 2.23. The monoisotopic (exact) mass is 282 g/mol. The van der Waals surface area contributed by atoms with Crippen molar-refractivity contribution in [3.8, 4) is 0 Å². The van der Waals surface area contributed by atoms with Crippen LogP contribution in [0.4, 0.5) is 5.95 Å². The van der Waals surface area contributed by atoms with Crippen LogP contribution in [0.3, 0.4) is 0 Å². The fourth-order valence-electron chi connectivity index (χ4n) is 1.71. The van der Waals surface area contributed by atoms with Crippen molar-refractivity contribution in [2.75, 3.05) is 11.2 Å². The molecule has 98 valence electrons. The van der Waals surface area contributed by atoms with E-state index >= 15 is 0 Å². The average Bonchev–Trinajstić information content (AvgIpc) is 2.74. The van der Waals surface area contributed by atoms with Gasteiger partial charge in [-0.2, -0.15) is 0 Å². The molecule has 4 nitrogen and oxygen atoms in total. The van der Waals surface area contributed by atoms with Gasteiger partial charge in [-0.05, 0) is 25.2 Å². The van der Waals surface area contributed by atoms with Crippen LogP contribution >= 0.6 is 23.1 Å². The van der Waals surface area contributed by atoms with Gasteiger partial charge >= 0.3 is 0 Å². The molecule has 0 unspecified atom stereocenters. The Hall–Kier alpha value is -0.850. The molecule has 0 aliphatic rings. The fraction of sp³-hybridized carbons (Fsp3) is 0.500. The number of nitrogen functional groups attached to an aromatic ring is 1. The topological polar surface area (TPSA) is 63.8 Å². The zero-order chi connectivity index (χ0) is 13.0. The highest BCUT2D eigenvalue weighted by Gasteiger charge is 2.10. The number of hydrogen-bond acceptors (Lipinski definition) is 6. The molecule has 0 aliphatic heterocycles. The minimum Gasteiger partial charge on any atom is -0.292 e. The summed E-state index contributed by atoms with van der Waals surface area (Å²) < 4.78 is 0. The first-order chi connectivity index (χ1) is 8.74. The number of fused-ring (bicyclic) bond motifs is 1. The van der Waals surface area contributed by atoms with E-state index in [-0.39, 0.29) is 0 Å². The van der Waals surface area contributed by atoms with Crippen LogP contribution < -0.4 is 11.3 Å². The summed E-state index contributed by atoms with van der Waals surface area (Å²) in [6, 6.07) is 2.16. The van der Waals surface area contributed by atoms with Gasteiger partial charge < -0.3 is 0 Å². The molecule has 0 spiro atoms. The van der Waals surface area contributed by atoms with Crippen molar-refractivity contribution in [3.63, 3.8) is 0 Å². The highest BCUT2D eigenvalue weighted by molar-refractivity contribution is 7.99.